The monoisotopic (exact) mass is 321 g/mol. The van der Waals surface area contributed by atoms with Gasteiger partial charge in [-0.1, -0.05) is 0 Å². The van der Waals surface area contributed by atoms with Crippen LogP contribution >= 0.6 is 0 Å². The van der Waals surface area contributed by atoms with E-state index >= 15 is 0 Å². The topological polar surface area (TPSA) is 63.2 Å². The van der Waals surface area contributed by atoms with E-state index in [1.54, 1.807) is 0 Å². The van der Waals surface area contributed by atoms with Crippen molar-refractivity contribution in [1.29, 1.82) is 0 Å². The van der Waals surface area contributed by atoms with Crippen LogP contribution in [0.3, 0.4) is 0 Å². The number of nitrogens with zero attached hydrogens (tertiary/aromatic N) is 1. The van der Waals surface area contributed by atoms with E-state index in [2.05, 4.69) is 20.4 Å². The lowest BCUT2D eigenvalue weighted by atomic mass is 10.2. The van der Waals surface area contributed by atoms with E-state index < -0.39 is 19.0 Å². The molecule has 0 aromatic carbocycles. The normalized spacial score (nSPS) is 18.5. The summed E-state index contributed by atoms with van der Waals surface area (Å²) >= 11 is 0. The van der Waals surface area contributed by atoms with Crippen LogP contribution in [0.15, 0.2) is 18.3 Å². The number of hydrogen-bond donors (Lipinski definition) is 2. The van der Waals surface area contributed by atoms with Crippen molar-refractivity contribution < 1.29 is 27.1 Å². The maximum absolute atomic E-state index is 12.7. The van der Waals surface area contributed by atoms with Gasteiger partial charge in [0.1, 0.15) is 0 Å². The molecule has 2 heterocycles. The van der Waals surface area contributed by atoms with Crippen LogP contribution in [0, 0.1) is 0 Å². The Balaban J connectivity index is 1.86. The number of pyridine rings is 1. The summed E-state index contributed by atoms with van der Waals surface area (Å²) in [5.74, 6) is -4.67. The summed E-state index contributed by atoms with van der Waals surface area (Å²) < 4.78 is 53.8. The summed E-state index contributed by atoms with van der Waals surface area (Å²) in [5, 5.41) is 5.64. The maximum atomic E-state index is 12.7. The number of nitrogens with one attached hydrogen (secondary N) is 2. The standard InChI is InChI=1S/C13H15F4N3O2/c14-12(15)13(16,17)7-22-10-4-3-8(6-19-10)20-11(21)9-2-1-5-18-9/h3-4,6,9,12,18H,1-2,5,7H2,(H,20,21). The lowest BCUT2D eigenvalue weighted by Gasteiger charge is -2.15. The van der Waals surface area contributed by atoms with Gasteiger partial charge in [-0.2, -0.15) is 8.78 Å². The van der Waals surface area contributed by atoms with Gasteiger partial charge in [-0.15, -0.1) is 0 Å². The van der Waals surface area contributed by atoms with E-state index in [4.69, 9.17) is 0 Å². The van der Waals surface area contributed by atoms with Gasteiger partial charge >= 0.3 is 12.3 Å². The number of ether oxygens (including phenoxy) is 1. The van der Waals surface area contributed by atoms with Crippen LogP contribution in [0.4, 0.5) is 23.2 Å². The number of halogens is 4. The number of alkyl halides is 4. The Morgan fingerprint density at radius 2 is 2.27 bits per heavy atom. The second kappa shape index (κ2) is 6.91. The Kier molecular flexibility index (Phi) is 5.17. The number of carbonyl (C=O) groups is 1. The zero-order valence-corrected chi connectivity index (χ0v) is 11.5. The number of rotatable bonds is 6. The minimum Gasteiger partial charge on any atom is -0.471 e. The molecule has 0 aliphatic carbocycles. The van der Waals surface area contributed by atoms with Crippen LogP contribution in [-0.2, 0) is 4.79 Å². The first kappa shape index (κ1) is 16.5. The lowest BCUT2D eigenvalue weighted by Crippen LogP contribution is -2.35. The molecular formula is C13H15F4N3O2. The fraction of sp³-hybridized carbons (Fsp3) is 0.538. The summed E-state index contributed by atoms with van der Waals surface area (Å²) in [4.78, 5) is 15.5. The summed E-state index contributed by atoms with van der Waals surface area (Å²) in [5.41, 5.74) is 0.367. The molecule has 1 amide bonds. The molecule has 0 radical (unpaired) electrons. The molecule has 0 bridgehead atoms. The predicted molar refractivity (Wildman–Crippen MR) is 70.3 cm³/mol. The largest absolute Gasteiger partial charge is 0.471 e. The minimum atomic E-state index is -4.23. The Bertz CT molecular complexity index is 505. The van der Waals surface area contributed by atoms with Gasteiger partial charge in [-0.05, 0) is 25.5 Å². The molecule has 122 valence electrons. The molecule has 1 fully saturated rings. The van der Waals surface area contributed by atoms with Crippen molar-refractivity contribution in [3.63, 3.8) is 0 Å². The molecule has 1 aliphatic rings. The van der Waals surface area contributed by atoms with Gasteiger partial charge in [0.05, 0.1) is 17.9 Å². The number of anilines is 1. The summed E-state index contributed by atoms with van der Waals surface area (Å²) in [6.07, 6.45) is -0.933. The molecule has 1 aromatic rings. The highest BCUT2D eigenvalue weighted by Gasteiger charge is 2.41. The third-order valence-electron chi connectivity index (χ3n) is 3.11. The molecule has 2 rings (SSSR count). The van der Waals surface area contributed by atoms with Crippen molar-refractivity contribution in [3.8, 4) is 5.88 Å². The average molecular weight is 321 g/mol. The molecule has 9 heteroatoms. The SMILES string of the molecule is O=C(Nc1ccc(OCC(F)(F)C(F)F)nc1)C1CCCN1. The molecule has 1 saturated heterocycles. The van der Waals surface area contributed by atoms with Gasteiger partial charge in [0.25, 0.3) is 0 Å². The molecule has 22 heavy (non-hydrogen) atoms. The Labute approximate surface area is 124 Å². The Hall–Kier alpha value is -1.90. The quantitative estimate of drug-likeness (QED) is 0.787. The minimum absolute atomic E-state index is 0.211. The van der Waals surface area contributed by atoms with Crippen molar-refractivity contribution in [1.82, 2.24) is 10.3 Å². The summed E-state index contributed by atoms with van der Waals surface area (Å²) in [6.45, 7) is -0.684. The van der Waals surface area contributed by atoms with Gasteiger partial charge in [-0.25, -0.2) is 13.8 Å². The number of amides is 1. The fourth-order valence-corrected chi connectivity index (χ4v) is 1.91. The second-order valence-electron chi connectivity index (χ2n) is 4.87. The highest BCUT2D eigenvalue weighted by Crippen LogP contribution is 2.24. The highest BCUT2D eigenvalue weighted by atomic mass is 19.3. The molecule has 1 unspecified atom stereocenters. The molecule has 1 aromatic heterocycles. The van der Waals surface area contributed by atoms with Gasteiger partial charge in [0.2, 0.25) is 11.8 Å². The molecule has 0 saturated carbocycles. The van der Waals surface area contributed by atoms with Crippen LogP contribution in [-0.4, -0.2) is 42.4 Å². The van der Waals surface area contributed by atoms with Crippen LogP contribution in [0.2, 0.25) is 0 Å². The molecule has 1 atom stereocenters. The lowest BCUT2D eigenvalue weighted by molar-refractivity contribution is -0.148. The summed E-state index contributed by atoms with van der Waals surface area (Å²) in [7, 11) is 0. The van der Waals surface area contributed by atoms with E-state index in [9.17, 15) is 22.4 Å². The maximum Gasteiger partial charge on any atom is 0.340 e. The Morgan fingerprint density at radius 1 is 1.50 bits per heavy atom. The smallest absolute Gasteiger partial charge is 0.340 e. The molecular weight excluding hydrogens is 306 g/mol. The van der Waals surface area contributed by atoms with Gasteiger partial charge in [0.15, 0.2) is 6.61 Å². The van der Waals surface area contributed by atoms with Crippen molar-refractivity contribution in [2.24, 2.45) is 0 Å². The molecule has 5 nitrogen and oxygen atoms in total. The first-order valence-corrected chi connectivity index (χ1v) is 6.67. The van der Waals surface area contributed by atoms with Crippen molar-refractivity contribution in [2.45, 2.75) is 31.2 Å². The Morgan fingerprint density at radius 3 is 2.82 bits per heavy atom. The second-order valence-corrected chi connectivity index (χ2v) is 4.87. The first-order chi connectivity index (χ1) is 10.4. The third-order valence-corrected chi connectivity index (χ3v) is 3.11. The van der Waals surface area contributed by atoms with Crippen molar-refractivity contribution in [2.75, 3.05) is 18.5 Å². The van der Waals surface area contributed by atoms with Crippen molar-refractivity contribution >= 4 is 11.6 Å². The van der Waals surface area contributed by atoms with Crippen LogP contribution < -0.4 is 15.4 Å². The van der Waals surface area contributed by atoms with Crippen LogP contribution in [0.1, 0.15) is 12.8 Å². The van der Waals surface area contributed by atoms with E-state index in [0.29, 0.717) is 5.69 Å². The van der Waals surface area contributed by atoms with Gasteiger partial charge < -0.3 is 15.4 Å². The zero-order chi connectivity index (χ0) is 16.2. The average Bonchev–Trinajstić information content (AvgIpc) is 3.01. The third kappa shape index (κ3) is 4.30. The predicted octanol–water partition coefficient (Wildman–Crippen LogP) is 2.05. The fourth-order valence-electron chi connectivity index (χ4n) is 1.91. The van der Waals surface area contributed by atoms with Crippen molar-refractivity contribution in [3.05, 3.63) is 18.3 Å². The molecule has 1 aliphatic heterocycles. The number of aromatic nitrogens is 1. The van der Waals surface area contributed by atoms with E-state index in [1.807, 2.05) is 0 Å². The van der Waals surface area contributed by atoms with Crippen LogP contribution in [0.5, 0.6) is 5.88 Å². The van der Waals surface area contributed by atoms with Gasteiger partial charge in [0, 0.05) is 6.07 Å². The molecule has 2 N–H and O–H groups in total. The highest BCUT2D eigenvalue weighted by molar-refractivity contribution is 5.94. The number of hydrogen-bond acceptors (Lipinski definition) is 4. The first-order valence-electron chi connectivity index (χ1n) is 6.67. The molecule has 0 spiro atoms. The van der Waals surface area contributed by atoms with Gasteiger partial charge in [-0.3, -0.25) is 4.79 Å². The number of carbonyl (C=O) groups excluding carboxylic acids is 1. The van der Waals surface area contributed by atoms with Crippen LogP contribution in [0.25, 0.3) is 0 Å². The van der Waals surface area contributed by atoms with E-state index in [0.717, 1.165) is 19.4 Å². The van der Waals surface area contributed by atoms with E-state index in [1.165, 1.54) is 18.3 Å². The van der Waals surface area contributed by atoms with E-state index in [-0.39, 0.29) is 17.8 Å². The summed E-state index contributed by atoms with van der Waals surface area (Å²) in [6, 6.07) is 2.36. The zero-order valence-electron chi connectivity index (χ0n) is 11.5.